The molecule has 2 amide bonds. The zero-order valence-corrected chi connectivity index (χ0v) is 13.5. The van der Waals surface area contributed by atoms with Gasteiger partial charge in [-0.3, -0.25) is 20.4 Å². The van der Waals surface area contributed by atoms with Gasteiger partial charge in [0.2, 0.25) is 0 Å². The van der Waals surface area contributed by atoms with Gasteiger partial charge in [-0.1, -0.05) is 17.7 Å². The summed E-state index contributed by atoms with van der Waals surface area (Å²) in [5.74, 6) is -1.55. The first-order valence-electron chi connectivity index (χ1n) is 7.20. The second-order valence-electron chi connectivity index (χ2n) is 5.07. The third kappa shape index (κ3) is 4.02. The van der Waals surface area contributed by atoms with Crippen molar-refractivity contribution in [2.45, 2.75) is 0 Å². The summed E-state index contributed by atoms with van der Waals surface area (Å²) in [6.07, 6.45) is 2.87. The standard InChI is InChI=1S/C17H12ClFN4O2/c18-13-2-1-3-15(8-13)23-10-12(9-20-23)17(25)22-21-16(24)11-4-6-14(19)7-5-11/h1-10H,(H,21,24)(H,22,25). The zero-order valence-electron chi connectivity index (χ0n) is 12.7. The molecule has 3 rings (SSSR count). The molecule has 126 valence electrons. The number of amides is 2. The smallest absolute Gasteiger partial charge is 0.267 e. The fourth-order valence-corrected chi connectivity index (χ4v) is 2.24. The van der Waals surface area contributed by atoms with Crippen LogP contribution in [-0.2, 0) is 0 Å². The van der Waals surface area contributed by atoms with Gasteiger partial charge in [0.1, 0.15) is 5.82 Å². The average Bonchev–Trinajstić information content (AvgIpc) is 3.10. The summed E-state index contributed by atoms with van der Waals surface area (Å²) >= 11 is 5.93. The van der Waals surface area contributed by atoms with Crippen molar-refractivity contribution in [3.8, 4) is 5.69 Å². The number of hydrogen-bond donors (Lipinski definition) is 2. The molecule has 0 aliphatic heterocycles. The average molecular weight is 359 g/mol. The van der Waals surface area contributed by atoms with Gasteiger partial charge in [0.15, 0.2) is 0 Å². The Morgan fingerprint density at radius 2 is 1.68 bits per heavy atom. The molecule has 2 aromatic carbocycles. The predicted molar refractivity (Wildman–Crippen MR) is 89.9 cm³/mol. The summed E-state index contributed by atoms with van der Waals surface area (Å²) in [7, 11) is 0. The van der Waals surface area contributed by atoms with Crippen molar-refractivity contribution in [1.29, 1.82) is 0 Å². The van der Waals surface area contributed by atoms with Crippen LogP contribution in [-0.4, -0.2) is 21.6 Å². The third-order valence-corrected chi connectivity index (χ3v) is 3.55. The van der Waals surface area contributed by atoms with Gasteiger partial charge in [-0.15, -0.1) is 0 Å². The second-order valence-corrected chi connectivity index (χ2v) is 5.51. The quantitative estimate of drug-likeness (QED) is 0.707. The molecule has 0 aliphatic rings. The molecule has 6 nitrogen and oxygen atoms in total. The van der Waals surface area contributed by atoms with Crippen LogP contribution in [0.2, 0.25) is 5.02 Å². The molecule has 1 aromatic heterocycles. The first kappa shape index (κ1) is 16.7. The number of aromatic nitrogens is 2. The Labute approximate surface area is 147 Å². The van der Waals surface area contributed by atoms with Gasteiger partial charge in [-0.25, -0.2) is 9.07 Å². The molecule has 0 fully saturated rings. The van der Waals surface area contributed by atoms with E-state index in [1.165, 1.54) is 29.2 Å². The van der Waals surface area contributed by atoms with Crippen molar-refractivity contribution < 1.29 is 14.0 Å². The van der Waals surface area contributed by atoms with Crippen LogP contribution in [0.4, 0.5) is 4.39 Å². The molecule has 0 atom stereocenters. The number of rotatable bonds is 3. The molecule has 2 N–H and O–H groups in total. The fourth-order valence-electron chi connectivity index (χ4n) is 2.06. The molecule has 0 bridgehead atoms. The van der Waals surface area contributed by atoms with Gasteiger partial charge in [-0.05, 0) is 42.5 Å². The van der Waals surface area contributed by atoms with Gasteiger partial charge in [-0.2, -0.15) is 5.10 Å². The first-order valence-corrected chi connectivity index (χ1v) is 7.57. The van der Waals surface area contributed by atoms with E-state index >= 15 is 0 Å². The highest BCUT2D eigenvalue weighted by Gasteiger charge is 2.12. The van der Waals surface area contributed by atoms with Crippen molar-refractivity contribution in [2.75, 3.05) is 0 Å². The van der Waals surface area contributed by atoms with Gasteiger partial charge >= 0.3 is 0 Å². The van der Waals surface area contributed by atoms with E-state index in [2.05, 4.69) is 16.0 Å². The first-order chi connectivity index (χ1) is 12.0. The SMILES string of the molecule is O=C(NNC(=O)c1cnn(-c2cccc(Cl)c2)c1)c1ccc(F)cc1. The van der Waals surface area contributed by atoms with Crippen molar-refractivity contribution in [1.82, 2.24) is 20.6 Å². The topological polar surface area (TPSA) is 76.0 Å². The van der Waals surface area contributed by atoms with E-state index in [9.17, 15) is 14.0 Å². The molecule has 0 radical (unpaired) electrons. The van der Waals surface area contributed by atoms with Crippen LogP contribution < -0.4 is 10.9 Å². The molecular weight excluding hydrogens is 347 g/mol. The number of carbonyl (C=O) groups is 2. The van der Waals surface area contributed by atoms with Crippen LogP contribution in [0.15, 0.2) is 60.9 Å². The van der Waals surface area contributed by atoms with Crippen LogP contribution in [0.1, 0.15) is 20.7 Å². The Balaban J connectivity index is 1.64. The van der Waals surface area contributed by atoms with Crippen LogP contribution in [0.5, 0.6) is 0 Å². The highest BCUT2D eigenvalue weighted by Crippen LogP contribution is 2.14. The summed E-state index contributed by atoms with van der Waals surface area (Å²) < 4.78 is 14.3. The largest absolute Gasteiger partial charge is 0.272 e. The number of benzene rings is 2. The maximum absolute atomic E-state index is 12.8. The lowest BCUT2D eigenvalue weighted by molar-refractivity contribution is 0.0846. The molecule has 0 unspecified atom stereocenters. The van der Waals surface area contributed by atoms with Crippen molar-refractivity contribution >= 4 is 23.4 Å². The van der Waals surface area contributed by atoms with Crippen molar-refractivity contribution in [2.24, 2.45) is 0 Å². The summed E-state index contributed by atoms with van der Waals surface area (Å²) in [6.45, 7) is 0. The highest BCUT2D eigenvalue weighted by molar-refractivity contribution is 6.30. The van der Waals surface area contributed by atoms with E-state index in [1.807, 2.05) is 0 Å². The Morgan fingerprint density at radius 3 is 2.36 bits per heavy atom. The normalized spacial score (nSPS) is 10.3. The minimum absolute atomic E-state index is 0.219. The molecule has 0 aliphatic carbocycles. The van der Waals surface area contributed by atoms with Crippen LogP contribution in [0, 0.1) is 5.82 Å². The minimum Gasteiger partial charge on any atom is -0.267 e. The van der Waals surface area contributed by atoms with Gasteiger partial charge in [0.05, 0.1) is 17.4 Å². The Bertz CT molecular complexity index is 924. The van der Waals surface area contributed by atoms with Crippen LogP contribution >= 0.6 is 11.6 Å². The molecule has 0 spiro atoms. The molecule has 3 aromatic rings. The molecule has 0 saturated carbocycles. The van der Waals surface area contributed by atoms with Gasteiger partial charge in [0, 0.05) is 16.8 Å². The van der Waals surface area contributed by atoms with Gasteiger partial charge < -0.3 is 0 Å². The zero-order chi connectivity index (χ0) is 17.8. The fraction of sp³-hybridized carbons (Fsp3) is 0. The maximum Gasteiger partial charge on any atom is 0.272 e. The number of hydrogen-bond acceptors (Lipinski definition) is 3. The highest BCUT2D eigenvalue weighted by atomic mass is 35.5. The van der Waals surface area contributed by atoms with E-state index in [1.54, 1.807) is 24.3 Å². The van der Waals surface area contributed by atoms with Crippen molar-refractivity contribution in [3.05, 3.63) is 82.9 Å². The molecule has 0 saturated heterocycles. The number of hydrazine groups is 1. The Hall–Kier alpha value is -3.19. The predicted octanol–water partition coefficient (Wildman–Crippen LogP) is 2.74. The maximum atomic E-state index is 12.8. The molecule has 1 heterocycles. The summed E-state index contributed by atoms with van der Waals surface area (Å²) in [5, 5.41) is 4.63. The van der Waals surface area contributed by atoms with E-state index < -0.39 is 17.6 Å². The minimum atomic E-state index is -0.560. The lowest BCUT2D eigenvalue weighted by atomic mass is 10.2. The van der Waals surface area contributed by atoms with E-state index in [-0.39, 0.29) is 11.1 Å². The molecular formula is C17H12ClFN4O2. The van der Waals surface area contributed by atoms with E-state index in [4.69, 9.17) is 11.6 Å². The monoisotopic (exact) mass is 358 g/mol. The van der Waals surface area contributed by atoms with Gasteiger partial charge in [0.25, 0.3) is 11.8 Å². The van der Waals surface area contributed by atoms with Crippen LogP contribution in [0.3, 0.4) is 0 Å². The third-order valence-electron chi connectivity index (χ3n) is 3.31. The van der Waals surface area contributed by atoms with E-state index in [0.29, 0.717) is 10.7 Å². The lowest BCUT2D eigenvalue weighted by Gasteiger charge is -2.06. The summed E-state index contributed by atoms with van der Waals surface area (Å²) in [6, 6.07) is 11.9. The Kier molecular flexibility index (Phi) is 4.76. The lowest BCUT2D eigenvalue weighted by Crippen LogP contribution is -2.41. The molecule has 25 heavy (non-hydrogen) atoms. The van der Waals surface area contributed by atoms with Crippen LogP contribution in [0.25, 0.3) is 5.69 Å². The summed E-state index contributed by atoms with van der Waals surface area (Å²) in [4.78, 5) is 24.0. The second kappa shape index (κ2) is 7.14. The van der Waals surface area contributed by atoms with E-state index in [0.717, 1.165) is 12.1 Å². The summed E-state index contributed by atoms with van der Waals surface area (Å²) in [5.41, 5.74) is 5.70. The van der Waals surface area contributed by atoms with Crippen molar-refractivity contribution in [3.63, 3.8) is 0 Å². The molecule has 8 heteroatoms. The number of halogens is 2. The number of nitrogens with zero attached hydrogens (tertiary/aromatic N) is 2. The number of nitrogens with one attached hydrogen (secondary N) is 2. The number of carbonyl (C=O) groups excluding carboxylic acids is 2. The Morgan fingerprint density at radius 1 is 1.00 bits per heavy atom.